The van der Waals surface area contributed by atoms with Crippen molar-refractivity contribution in [3.8, 4) is 6.07 Å². The van der Waals surface area contributed by atoms with Gasteiger partial charge in [-0.25, -0.2) is 9.67 Å². The molecule has 0 saturated carbocycles. The second-order valence-corrected chi connectivity index (χ2v) is 5.30. The van der Waals surface area contributed by atoms with Crippen molar-refractivity contribution >= 4 is 23.2 Å². The van der Waals surface area contributed by atoms with Crippen molar-refractivity contribution in [2.24, 2.45) is 0 Å². The van der Waals surface area contributed by atoms with Gasteiger partial charge in [0, 0.05) is 12.4 Å². The Bertz CT molecular complexity index is 892. The molecule has 3 aromatic heterocycles. The molecule has 1 amide bonds. The molecule has 0 atom stereocenters. The molecule has 3 aromatic rings. The third kappa shape index (κ3) is 3.64. The first-order chi connectivity index (χ1) is 11.1. The Morgan fingerprint density at radius 3 is 3.00 bits per heavy atom. The van der Waals surface area contributed by atoms with Gasteiger partial charge in [-0.15, -0.1) is 5.10 Å². The van der Waals surface area contributed by atoms with Crippen LogP contribution in [0.2, 0.25) is 5.02 Å². The van der Waals surface area contributed by atoms with Crippen molar-refractivity contribution in [3.63, 3.8) is 0 Å². The minimum atomic E-state index is -0.334. The summed E-state index contributed by atoms with van der Waals surface area (Å²) in [6.45, 7) is 0.694. The number of carbonyl (C=O) groups excluding carboxylic acids is 1. The standard InChI is InChI=1S/C14H12ClN7O/c15-10-1-2-13-18-12(7-21(13)6-10)9-22-8-11(19-20-22)5-17-14(23)3-4-16/h1-2,6-8H,3,5,9H2,(H,17,23). The summed E-state index contributed by atoms with van der Waals surface area (Å²) in [4.78, 5) is 15.7. The van der Waals surface area contributed by atoms with Crippen LogP contribution in [-0.4, -0.2) is 30.3 Å². The van der Waals surface area contributed by atoms with E-state index in [0.29, 0.717) is 17.3 Å². The SMILES string of the molecule is N#CCC(=O)NCc1cn(Cc2cn3cc(Cl)ccc3n2)nn1. The molecule has 1 N–H and O–H groups in total. The van der Waals surface area contributed by atoms with E-state index in [4.69, 9.17) is 16.9 Å². The van der Waals surface area contributed by atoms with Gasteiger partial charge in [0.05, 0.1) is 36.1 Å². The van der Waals surface area contributed by atoms with E-state index in [1.807, 2.05) is 16.7 Å². The van der Waals surface area contributed by atoms with Gasteiger partial charge in [-0.05, 0) is 12.1 Å². The summed E-state index contributed by atoms with van der Waals surface area (Å²) in [7, 11) is 0. The molecular formula is C14H12ClN7O. The molecule has 3 heterocycles. The molecule has 0 bridgehead atoms. The molecule has 0 aliphatic heterocycles. The van der Waals surface area contributed by atoms with E-state index < -0.39 is 0 Å². The molecule has 0 saturated heterocycles. The van der Waals surface area contributed by atoms with Crippen LogP contribution in [-0.2, 0) is 17.9 Å². The number of hydrogen-bond acceptors (Lipinski definition) is 5. The van der Waals surface area contributed by atoms with Gasteiger partial charge in [0.2, 0.25) is 5.91 Å². The number of nitrogens with one attached hydrogen (secondary N) is 1. The number of rotatable bonds is 5. The molecule has 23 heavy (non-hydrogen) atoms. The normalized spacial score (nSPS) is 10.6. The Labute approximate surface area is 136 Å². The van der Waals surface area contributed by atoms with Crippen molar-refractivity contribution < 1.29 is 4.79 Å². The Morgan fingerprint density at radius 2 is 2.17 bits per heavy atom. The summed E-state index contributed by atoms with van der Waals surface area (Å²) in [5.41, 5.74) is 2.23. The Balaban J connectivity index is 1.66. The van der Waals surface area contributed by atoms with Crippen LogP contribution < -0.4 is 5.32 Å². The predicted molar refractivity (Wildman–Crippen MR) is 81.4 cm³/mol. The molecule has 0 fully saturated rings. The minimum Gasteiger partial charge on any atom is -0.349 e. The highest BCUT2D eigenvalue weighted by Gasteiger charge is 2.07. The van der Waals surface area contributed by atoms with Gasteiger partial charge in [-0.1, -0.05) is 16.8 Å². The number of nitriles is 1. The monoisotopic (exact) mass is 329 g/mol. The molecule has 0 spiro atoms. The zero-order chi connectivity index (χ0) is 16.2. The van der Waals surface area contributed by atoms with Gasteiger partial charge >= 0.3 is 0 Å². The van der Waals surface area contributed by atoms with Crippen LogP contribution in [0.5, 0.6) is 0 Å². The van der Waals surface area contributed by atoms with Crippen LogP contribution in [0.3, 0.4) is 0 Å². The maximum Gasteiger partial charge on any atom is 0.234 e. The highest BCUT2D eigenvalue weighted by atomic mass is 35.5. The van der Waals surface area contributed by atoms with Crippen LogP contribution in [0.15, 0.2) is 30.7 Å². The number of fused-ring (bicyclic) bond motifs is 1. The first-order valence-electron chi connectivity index (χ1n) is 6.80. The lowest BCUT2D eigenvalue weighted by Crippen LogP contribution is -2.21. The molecule has 116 valence electrons. The number of halogens is 1. The molecule has 3 rings (SSSR count). The summed E-state index contributed by atoms with van der Waals surface area (Å²) < 4.78 is 3.48. The largest absolute Gasteiger partial charge is 0.349 e. The Kier molecular flexibility index (Phi) is 4.21. The second-order valence-electron chi connectivity index (χ2n) is 4.86. The number of amides is 1. The zero-order valence-corrected chi connectivity index (χ0v) is 12.7. The van der Waals surface area contributed by atoms with Crippen LogP contribution in [0.1, 0.15) is 17.8 Å². The number of pyridine rings is 1. The highest BCUT2D eigenvalue weighted by Crippen LogP contribution is 2.12. The van der Waals surface area contributed by atoms with Crippen LogP contribution in [0.4, 0.5) is 0 Å². The van der Waals surface area contributed by atoms with Crippen molar-refractivity contribution in [3.05, 3.63) is 47.1 Å². The fourth-order valence-electron chi connectivity index (χ4n) is 2.08. The molecule has 0 radical (unpaired) electrons. The lowest BCUT2D eigenvalue weighted by atomic mass is 10.4. The van der Waals surface area contributed by atoms with E-state index in [0.717, 1.165) is 11.3 Å². The zero-order valence-electron chi connectivity index (χ0n) is 12.0. The molecule has 0 aromatic carbocycles. The third-order valence-corrected chi connectivity index (χ3v) is 3.30. The van der Waals surface area contributed by atoms with Crippen molar-refractivity contribution in [2.45, 2.75) is 19.5 Å². The van der Waals surface area contributed by atoms with Crippen LogP contribution in [0, 0.1) is 11.3 Å². The Morgan fingerprint density at radius 1 is 1.30 bits per heavy atom. The first kappa shape index (κ1) is 15.0. The maximum absolute atomic E-state index is 11.2. The number of nitrogens with zero attached hydrogens (tertiary/aromatic N) is 6. The molecular weight excluding hydrogens is 318 g/mol. The molecule has 8 nitrogen and oxygen atoms in total. The van der Waals surface area contributed by atoms with E-state index in [1.54, 1.807) is 29.2 Å². The first-order valence-corrected chi connectivity index (χ1v) is 7.17. The van der Waals surface area contributed by atoms with Gasteiger partial charge in [-0.3, -0.25) is 4.79 Å². The van der Waals surface area contributed by atoms with Gasteiger partial charge in [0.15, 0.2) is 0 Å². The lowest BCUT2D eigenvalue weighted by molar-refractivity contribution is -0.120. The van der Waals surface area contributed by atoms with Gasteiger partial charge in [0.1, 0.15) is 17.8 Å². The van der Waals surface area contributed by atoms with Crippen LogP contribution in [0.25, 0.3) is 5.65 Å². The smallest absolute Gasteiger partial charge is 0.234 e. The van der Waals surface area contributed by atoms with E-state index in [2.05, 4.69) is 20.6 Å². The topological polar surface area (TPSA) is 101 Å². The van der Waals surface area contributed by atoms with Gasteiger partial charge < -0.3 is 9.72 Å². The van der Waals surface area contributed by atoms with E-state index in [1.165, 1.54) is 0 Å². The number of hydrogen-bond donors (Lipinski definition) is 1. The van der Waals surface area contributed by atoms with Crippen molar-refractivity contribution in [1.82, 2.24) is 29.7 Å². The van der Waals surface area contributed by atoms with Crippen molar-refractivity contribution in [2.75, 3.05) is 0 Å². The average molecular weight is 330 g/mol. The second kappa shape index (κ2) is 6.46. The van der Waals surface area contributed by atoms with E-state index >= 15 is 0 Å². The minimum absolute atomic E-state index is 0.169. The highest BCUT2D eigenvalue weighted by molar-refractivity contribution is 6.30. The fraction of sp³-hybridized carbons (Fsp3) is 0.214. The predicted octanol–water partition coefficient (Wildman–Crippen LogP) is 1.16. The maximum atomic E-state index is 11.2. The third-order valence-electron chi connectivity index (χ3n) is 3.08. The average Bonchev–Trinajstić information content (AvgIpc) is 3.11. The van der Waals surface area contributed by atoms with Crippen LogP contribution >= 0.6 is 11.6 Å². The number of aromatic nitrogens is 5. The summed E-state index contributed by atoms with van der Waals surface area (Å²) in [6.07, 6.45) is 5.21. The van der Waals surface area contributed by atoms with E-state index in [-0.39, 0.29) is 18.9 Å². The molecule has 0 aliphatic carbocycles. The molecule has 0 unspecified atom stereocenters. The summed E-state index contributed by atoms with van der Waals surface area (Å²) >= 11 is 5.94. The lowest BCUT2D eigenvalue weighted by Gasteiger charge is -1.97. The summed E-state index contributed by atoms with van der Waals surface area (Å²) in [5.74, 6) is -0.334. The van der Waals surface area contributed by atoms with E-state index in [9.17, 15) is 4.79 Å². The summed E-state index contributed by atoms with van der Waals surface area (Å²) in [5, 5.41) is 19.6. The quantitative estimate of drug-likeness (QED) is 0.757. The Hall–Kier alpha value is -2.92. The summed E-state index contributed by atoms with van der Waals surface area (Å²) in [6, 6.07) is 5.40. The fourth-order valence-corrected chi connectivity index (χ4v) is 2.25. The number of imidazole rings is 1. The molecule has 9 heteroatoms. The van der Waals surface area contributed by atoms with Gasteiger partial charge in [-0.2, -0.15) is 5.26 Å². The van der Waals surface area contributed by atoms with Gasteiger partial charge in [0.25, 0.3) is 0 Å². The number of carbonyl (C=O) groups is 1. The van der Waals surface area contributed by atoms with Crippen molar-refractivity contribution in [1.29, 1.82) is 5.26 Å². The molecule has 0 aliphatic rings.